The largest absolute Gasteiger partial charge is 0.416 e. The van der Waals surface area contributed by atoms with Crippen LogP contribution in [0.2, 0.25) is 0 Å². The number of nitrogens with zero attached hydrogens (tertiary/aromatic N) is 1. The molecular weight excluding hydrogens is 329 g/mol. The number of halogens is 3. The fourth-order valence-corrected chi connectivity index (χ4v) is 2.89. The van der Waals surface area contributed by atoms with E-state index >= 15 is 0 Å². The Morgan fingerprint density at radius 3 is 2.61 bits per heavy atom. The molecule has 1 atom stereocenters. The van der Waals surface area contributed by atoms with Crippen molar-refractivity contribution < 1.29 is 18.1 Å². The summed E-state index contributed by atoms with van der Waals surface area (Å²) >= 11 is 1.60. The number of nitrogens with one attached hydrogen (secondary N) is 1. The van der Waals surface area contributed by atoms with Crippen molar-refractivity contribution in [2.75, 3.05) is 11.2 Å². The average Bonchev–Trinajstić information content (AvgIpc) is 2.46. The van der Waals surface area contributed by atoms with E-state index in [0.29, 0.717) is 17.2 Å². The molecule has 0 aliphatic carbocycles. The topological polar surface area (TPSA) is 55.2 Å². The second-order valence-corrected chi connectivity index (χ2v) is 6.71. The standard InChI is InChI=1S/C15H21F3N2O2S/c1-3-4-5-6-11(2)23-10-19-13-8-7-12(15(16,17)18)9-14(13)20(21)22/h7-9,11,19H,3-6,10H2,1-2H3/t11-/m0/s1. The monoisotopic (exact) mass is 350 g/mol. The van der Waals surface area contributed by atoms with Gasteiger partial charge in [0.25, 0.3) is 5.69 Å². The fraction of sp³-hybridized carbons (Fsp3) is 0.600. The predicted octanol–water partition coefficient (Wildman–Crippen LogP) is 5.69. The van der Waals surface area contributed by atoms with Gasteiger partial charge in [-0.2, -0.15) is 13.2 Å². The van der Waals surface area contributed by atoms with Crippen LogP contribution in [-0.4, -0.2) is 16.1 Å². The normalized spacial score (nSPS) is 12.9. The van der Waals surface area contributed by atoms with Gasteiger partial charge < -0.3 is 5.32 Å². The number of benzene rings is 1. The van der Waals surface area contributed by atoms with Gasteiger partial charge in [0, 0.05) is 11.3 Å². The van der Waals surface area contributed by atoms with E-state index in [2.05, 4.69) is 19.2 Å². The van der Waals surface area contributed by atoms with Crippen LogP contribution < -0.4 is 5.32 Å². The van der Waals surface area contributed by atoms with E-state index in [1.807, 2.05) is 0 Å². The van der Waals surface area contributed by atoms with Gasteiger partial charge in [-0.1, -0.05) is 33.1 Å². The third-order valence-electron chi connectivity index (χ3n) is 3.37. The molecule has 8 heteroatoms. The van der Waals surface area contributed by atoms with Crippen LogP contribution in [0.3, 0.4) is 0 Å². The van der Waals surface area contributed by atoms with Gasteiger partial charge in [0.05, 0.1) is 16.4 Å². The number of nitro benzene ring substituents is 1. The lowest BCUT2D eigenvalue weighted by molar-refractivity contribution is -0.384. The molecule has 1 rings (SSSR count). The molecule has 4 nitrogen and oxygen atoms in total. The number of alkyl halides is 3. The van der Waals surface area contributed by atoms with Crippen molar-refractivity contribution >= 4 is 23.1 Å². The molecule has 1 N–H and O–H groups in total. The maximum Gasteiger partial charge on any atom is 0.416 e. The van der Waals surface area contributed by atoms with Gasteiger partial charge in [-0.3, -0.25) is 10.1 Å². The molecule has 0 heterocycles. The SMILES string of the molecule is CCCCC[C@H](C)SCNc1ccc(C(F)(F)F)cc1[N+](=O)[O-]. The molecule has 0 aliphatic heterocycles. The third-order valence-corrected chi connectivity index (χ3v) is 4.48. The second kappa shape index (κ2) is 9.00. The molecule has 1 aromatic rings. The molecule has 0 bridgehead atoms. The molecule has 0 unspecified atom stereocenters. The highest BCUT2D eigenvalue weighted by Crippen LogP contribution is 2.35. The van der Waals surface area contributed by atoms with Gasteiger partial charge in [0.15, 0.2) is 0 Å². The Hall–Kier alpha value is -1.44. The zero-order valence-corrected chi connectivity index (χ0v) is 14.0. The van der Waals surface area contributed by atoms with E-state index in [0.717, 1.165) is 31.4 Å². The van der Waals surface area contributed by atoms with Crippen molar-refractivity contribution in [1.82, 2.24) is 0 Å². The summed E-state index contributed by atoms with van der Waals surface area (Å²) in [5.74, 6) is 0.416. The van der Waals surface area contributed by atoms with Crippen LogP contribution in [0, 0.1) is 10.1 Å². The minimum atomic E-state index is -4.59. The van der Waals surface area contributed by atoms with Crippen LogP contribution in [0.25, 0.3) is 0 Å². The highest BCUT2D eigenvalue weighted by Gasteiger charge is 2.33. The Kier molecular flexibility index (Phi) is 7.67. The van der Waals surface area contributed by atoms with Crippen molar-refractivity contribution in [3.05, 3.63) is 33.9 Å². The summed E-state index contributed by atoms with van der Waals surface area (Å²) in [5.41, 5.74) is -1.47. The summed E-state index contributed by atoms with van der Waals surface area (Å²) in [6, 6.07) is 2.53. The van der Waals surface area contributed by atoms with E-state index < -0.39 is 22.4 Å². The second-order valence-electron chi connectivity index (χ2n) is 5.28. The van der Waals surface area contributed by atoms with Gasteiger partial charge in [0.1, 0.15) is 5.69 Å². The summed E-state index contributed by atoms with van der Waals surface area (Å²) in [5, 5.41) is 14.2. The summed E-state index contributed by atoms with van der Waals surface area (Å²) in [6.07, 6.45) is -0.0949. The summed E-state index contributed by atoms with van der Waals surface area (Å²) in [4.78, 5) is 10.2. The zero-order valence-electron chi connectivity index (χ0n) is 13.2. The van der Waals surface area contributed by atoms with Crippen LogP contribution in [0.4, 0.5) is 24.5 Å². The summed E-state index contributed by atoms with van der Waals surface area (Å²) in [6.45, 7) is 4.20. The zero-order chi connectivity index (χ0) is 17.5. The van der Waals surface area contributed by atoms with Crippen LogP contribution in [-0.2, 0) is 6.18 Å². The van der Waals surface area contributed by atoms with Crippen molar-refractivity contribution in [3.63, 3.8) is 0 Å². The Balaban J connectivity index is 2.64. The van der Waals surface area contributed by atoms with Gasteiger partial charge >= 0.3 is 6.18 Å². The number of thioether (sulfide) groups is 1. The maximum atomic E-state index is 12.6. The first-order valence-electron chi connectivity index (χ1n) is 7.46. The molecule has 130 valence electrons. The fourth-order valence-electron chi connectivity index (χ4n) is 2.04. The van der Waals surface area contributed by atoms with E-state index in [1.54, 1.807) is 11.8 Å². The minimum Gasteiger partial charge on any atom is -0.370 e. The summed E-state index contributed by atoms with van der Waals surface area (Å²) in [7, 11) is 0. The molecule has 0 spiro atoms. The molecule has 0 saturated carbocycles. The molecular formula is C15H21F3N2O2S. The van der Waals surface area contributed by atoms with Gasteiger partial charge in [-0.25, -0.2) is 0 Å². The van der Waals surface area contributed by atoms with Crippen LogP contribution in [0.15, 0.2) is 18.2 Å². The highest BCUT2D eigenvalue weighted by atomic mass is 32.2. The molecule has 23 heavy (non-hydrogen) atoms. The molecule has 1 aromatic carbocycles. The molecule has 0 radical (unpaired) electrons. The van der Waals surface area contributed by atoms with Crippen molar-refractivity contribution in [3.8, 4) is 0 Å². The van der Waals surface area contributed by atoms with Gasteiger partial charge in [-0.05, 0) is 18.6 Å². The Bertz CT molecular complexity index is 524. The van der Waals surface area contributed by atoms with E-state index in [4.69, 9.17) is 0 Å². The maximum absolute atomic E-state index is 12.6. The Morgan fingerprint density at radius 2 is 2.04 bits per heavy atom. The lowest BCUT2D eigenvalue weighted by atomic mass is 10.1. The number of rotatable bonds is 9. The van der Waals surface area contributed by atoms with E-state index in [-0.39, 0.29) is 5.69 Å². The third kappa shape index (κ3) is 6.68. The average molecular weight is 350 g/mol. The molecule has 0 amide bonds. The first kappa shape index (κ1) is 19.6. The highest BCUT2D eigenvalue weighted by molar-refractivity contribution is 7.99. The number of unbranched alkanes of at least 4 members (excludes halogenated alkanes) is 2. The van der Waals surface area contributed by atoms with Crippen LogP contribution >= 0.6 is 11.8 Å². The number of hydrogen-bond donors (Lipinski definition) is 1. The van der Waals surface area contributed by atoms with Gasteiger partial charge in [-0.15, -0.1) is 11.8 Å². The first-order chi connectivity index (χ1) is 10.8. The number of nitro groups is 1. The first-order valence-corrected chi connectivity index (χ1v) is 8.51. The minimum absolute atomic E-state index is 0.108. The van der Waals surface area contributed by atoms with Crippen molar-refractivity contribution in [2.24, 2.45) is 0 Å². The molecule has 0 fully saturated rings. The molecule has 0 aliphatic rings. The van der Waals surface area contributed by atoms with E-state index in [9.17, 15) is 23.3 Å². The van der Waals surface area contributed by atoms with Crippen molar-refractivity contribution in [2.45, 2.75) is 51.0 Å². The van der Waals surface area contributed by atoms with Crippen molar-refractivity contribution in [1.29, 1.82) is 0 Å². The van der Waals surface area contributed by atoms with E-state index in [1.165, 1.54) is 6.42 Å². The van der Waals surface area contributed by atoms with Crippen LogP contribution in [0.1, 0.15) is 45.1 Å². The summed E-state index contributed by atoms with van der Waals surface area (Å²) < 4.78 is 37.9. The number of hydrogen-bond acceptors (Lipinski definition) is 4. The Labute approximate surface area is 138 Å². The smallest absolute Gasteiger partial charge is 0.370 e. The number of anilines is 1. The van der Waals surface area contributed by atoms with Crippen LogP contribution in [0.5, 0.6) is 0 Å². The van der Waals surface area contributed by atoms with Gasteiger partial charge in [0.2, 0.25) is 0 Å². The predicted molar refractivity (Wildman–Crippen MR) is 87.8 cm³/mol. The quantitative estimate of drug-likeness (QED) is 0.269. The molecule has 0 aromatic heterocycles. The molecule has 0 saturated heterocycles. The lowest BCUT2D eigenvalue weighted by Crippen LogP contribution is -2.09. The lowest BCUT2D eigenvalue weighted by Gasteiger charge is -2.13. The Morgan fingerprint density at radius 1 is 1.35 bits per heavy atom.